The number of hydrogen-bond acceptors (Lipinski definition) is 3. The van der Waals surface area contributed by atoms with Crippen LogP contribution in [0.5, 0.6) is 0 Å². The Balaban J connectivity index is 1.90. The molecule has 0 saturated heterocycles. The van der Waals surface area contributed by atoms with E-state index in [0.717, 1.165) is 0 Å². The molecule has 120 valence electrons. The highest BCUT2D eigenvalue weighted by Gasteiger charge is 2.10. The third-order valence-electron chi connectivity index (χ3n) is 3.22. The fourth-order valence-corrected chi connectivity index (χ4v) is 2.01. The van der Waals surface area contributed by atoms with Crippen LogP contribution in [0.2, 0.25) is 0 Å². The number of urea groups is 1. The van der Waals surface area contributed by atoms with Crippen molar-refractivity contribution in [1.29, 1.82) is 0 Å². The van der Waals surface area contributed by atoms with E-state index in [4.69, 9.17) is 0 Å². The predicted molar refractivity (Wildman–Crippen MR) is 84.8 cm³/mol. The van der Waals surface area contributed by atoms with E-state index >= 15 is 0 Å². The standard InChI is InChI=1S/C17H17FN2O3/c1-11(21)12-4-3-7-15(9-12)20-17(23)19-10-16(22)13-5-2-6-14(18)8-13/h2-9,16,22H,10H2,1H3,(H2,19,20,23)/t16-/m0/s1. The summed E-state index contributed by atoms with van der Waals surface area (Å²) < 4.78 is 13.1. The summed E-state index contributed by atoms with van der Waals surface area (Å²) in [7, 11) is 0. The fourth-order valence-electron chi connectivity index (χ4n) is 2.01. The van der Waals surface area contributed by atoms with Gasteiger partial charge in [0.15, 0.2) is 5.78 Å². The molecule has 6 heteroatoms. The lowest BCUT2D eigenvalue weighted by atomic mass is 10.1. The molecule has 23 heavy (non-hydrogen) atoms. The number of ketones is 1. The van der Waals surface area contributed by atoms with Crippen molar-refractivity contribution in [3.63, 3.8) is 0 Å². The number of hydrogen-bond donors (Lipinski definition) is 3. The van der Waals surface area contributed by atoms with Gasteiger partial charge in [-0.25, -0.2) is 9.18 Å². The maximum Gasteiger partial charge on any atom is 0.319 e. The number of amides is 2. The van der Waals surface area contributed by atoms with Crippen LogP contribution in [-0.2, 0) is 0 Å². The second-order valence-corrected chi connectivity index (χ2v) is 5.04. The highest BCUT2D eigenvalue weighted by atomic mass is 19.1. The summed E-state index contributed by atoms with van der Waals surface area (Å²) in [5.74, 6) is -0.553. The number of carbonyl (C=O) groups is 2. The van der Waals surface area contributed by atoms with Crippen LogP contribution in [0, 0.1) is 5.82 Å². The molecule has 0 spiro atoms. The number of nitrogens with one attached hydrogen (secondary N) is 2. The summed E-state index contributed by atoms with van der Waals surface area (Å²) >= 11 is 0. The van der Waals surface area contributed by atoms with E-state index < -0.39 is 18.0 Å². The molecule has 1 atom stereocenters. The van der Waals surface area contributed by atoms with Crippen LogP contribution in [0.4, 0.5) is 14.9 Å². The molecule has 0 radical (unpaired) electrons. The fraction of sp³-hybridized carbons (Fsp3) is 0.176. The molecule has 0 aliphatic rings. The molecule has 5 nitrogen and oxygen atoms in total. The molecule has 2 rings (SSSR count). The smallest absolute Gasteiger partial charge is 0.319 e. The maximum absolute atomic E-state index is 13.1. The summed E-state index contributed by atoms with van der Waals surface area (Å²) in [5, 5.41) is 15.0. The van der Waals surface area contributed by atoms with Gasteiger partial charge in [-0.2, -0.15) is 0 Å². The number of rotatable bonds is 5. The van der Waals surface area contributed by atoms with E-state index in [-0.39, 0.29) is 12.3 Å². The van der Waals surface area contributed by atoms with E-state index in [9.17, 15) is 19.1 Å². The molecule has 0 aliphatic heterocycles. The first-order valence-corrected chi connectivity index (χ1v) is 7.05. The Morgan fingerprint density at radius 1 is 1.17 bits per heavy atom. The minimum Gasteiger partial charge on any atom is -0.387 e. The van der Waals surface area contributed by atoms with Gasteiger partial charge in [-0.1, -0.05) is 24.3 Å². The lowest BCUT2D eigenvalue weighted by molar-refractivity contribution is 0.101. The van der Waals surface area contributed by atoms with E-state index in [1.165, 1.54) is 25.1 Å². The maximum atomic E-state index is 13.1. The highest BCUT2D eigenvalue weighted by Crippen LogP contribution is 2.14. The van der Waals surface area contributed by atoms with E-state index in [2.05, 4.69) is 10.6 Å². The molecule has 2 aromatic carbocycles. The molecule has 0 fully saturated rings. The normalized spacial score (nSPS) is 11.6. The van der Waals surface area contributed by atoms with Crippen molar-refractivity contribution in [3.8, 4) is 0 Å². The summed E-state index contributed by atoms with van der Waals surface area (Å²) in [4.78, 5) is 23.1. The molecule has 0 aromatic heterocycles. The summed E-state index contributed by atoms with van der Waals surface area (Å²) in [5.41, 5.74) is 1.34. The van der Waals surface area contributed by atoms with Crippen LogP contribution in [0.25, 0.3) is 0 Å². The Hall–Kier alpha value is -2.73. The Kier molecular flexibility index (Phi) is 5.43. The monoisotopic (exact) mass is 316 g/mol. The van der Waals surface area contributed by atoms with E-state index in [0.29, 0.717) is 16.8 Å². The van der Waals surface area contributed by atoms with Gasteiger partial charge < -0.3 is 15.7 Å². The van der Waals surface area contributed by atoms with Gasteiger partial charge in [-0.3, -0.25) is 4.79 Å². The summed E-state index contributed by atoms with van der Waals surface area (Å²) in [6.45, 7) is 1.37. The Morgan fingerprint density at radius 2 is 1.91 bits per heavy atom. The van der Waals surface area contributed by atoms with Crippen LogP contribution in [0.3, 0.4) is 0 Å². The SMILES string of the molecule is CC(=O)c1cccc(NC(=O)NC[C@H](O)c2cccc(F)c2)c1. The third kappa shape index (κ3) is 4.89. The molecule has 0 heterocycles. The van der Waals surface area contributed by atoms with E-state index in [1.54, 1.807) is 30.3 Å². The first-order valence-electron chi connectivity index (χ1n) is 7.05. The lowest BCUT2D eigenvalue weighted by Crippen LogP contribution is -2.32. The number of aliphatic hydroxyl groups excluding tert-OH is 1. The van der Waals surface area contributed by atoms with Gasteiger partial charge >= 0.3 is 6.03 Å². The van der Waals surface area contributed by atoms with Gasteiger partial charge in [0.25, 0.3) is 0 Å². The van der Waals surface area contributed by atoms with Gasteiger partial charge in [-0.05, 0) is 36.8 Å². The van der Waals surface area contributed by atoms with Gasteiger partial charge in [-0.15, -0.1) is 0 Å². The average molecular weight is 316 g/mol. The van der Waals surface area contributed by atoms with Crippen LogP contribution in [0.15, 0.2) is 48.5 Å². The summed E-state index contributed by atoms with van der Waals surface area (Å²) in [6.07, 6.45) is -1.01. The molecule has 0 aliphatic carbocycles. The molecular weight excluding hydrogens is 299 g/mol. The first-order chi connectivity index (χ1) is 11.0. The van der Waals surface area contributed by atoms with E-state index in [1.807, 2.05) is 0 Å². The second kappa shape index (κ2) is 7.51. The van der Waals surface area contributed by atoms with Crippen molar-refractivity contribution in [2.75, 3.05) is 11.9 Å². The molecule has 2 aromatic rings. The molecule has 0 unspecified atom stereocenters. The van der Waals surface area contributed by atoms with Crippen molar-refractivity contribution in [2.45, 2.75) is 13.0 Å². The van der Waals surface area contributed by atoms with Crippen molar-refractivity contribution >= 4 is 17.5 Å². The molecule has 0 bridgehead atoms. The van der Waals surface area contributed by atoms with Crippen LogP contribution >= 0.6 is 0 Å². The van der Waals surface area contributed by atoms with Gasteiger partial charge in [0, 0.05) is 17.8 Å². The van der Waals surface area contributed by atoms with Crippen LogP contribution in [-0.4, -0.2) is 23.5 Å². The zero-order chi connectivity index (χ0) is 16.8. The summed E-state index contributed by atoms with van der Waals surface area (Å²) in [6, 6.07) is 11.5. The van der Waals surface area contributed by atoms with Crippen molar-refractivity contribution in [3.05, 3.63) is 65.5 Å². The van der Waals surface area contributed by atoms with Crippen molar-refractivity contribution in [1.82, 2.24) is 5.32 Å². The minimum atomic E-state index is -1.01. The number of halogens is 1. The van der Waals surface area contributed by atoms with Crippen molar-refractivity contribution < 1.29 is 19.1 Å². The minimum absolute atomic E-state index is 0.0678. The molecule has 0 saturated carbocycles. The Labute approximate surface area is 133 Å². The lowest BCUT2D eigenvalue weighted by Gasteiger charge is -2.13. The number of aliphatic hydroxyl groups is 1. The number of benzene rings is 2. The Bertz CT molecular complexity index is 718. The second-order valence-electron chi connectivity index (χ2n) is 5.04. The van der Waals surface area contributed by atoms with Crippen LogP contribution in [0.1, 0.15) is 28.9 Å². The van der Waals surface area contributed by atoms with Gasteiger partial charge in [0.1, 0.15) is 5.82 Å². The highest BCUT2D eigenvalue weighted by molar-refractivity contribution is 5.96. The molecule has 2 amide bonds. The molecule has 3 N–H and O–H groups in total. The first kappa shape index (κ1) is 16.6. The zero-order valence-electron chi connectivity index (χ0n) is 12.5. The quantitative estimate of drug-likeness (QED) is 0.742. The number of Topliss-reactive ketones (excluding diaryl/α,β-unsaturated/α-hetero) is 1. The zero-order valence-corrected chi connectivity index (χ0v) is 12.5. The number of anilines is 1. The number of carbonyl (C=O) groups excluding carboxylic acids is 2. The van der Waals surface area contributed by atoms with Crippen LogP contribution < -0.4 is 10.6 Å². The van der Waals surface area contributed by atoms with Gasteiger partial charge in [0.2, 0.25) is 0 Å². The average Bonchev–Trinajstić information content (AvgIpc) is 2.53. The predicted octanol–water partition coefficient (Wildman–Crippen LogP) is 2.88. The van der Waals surface area contributed by atoms with Gasteiger partial charge in [0.05, 0.1) is 6.10 Å². The third-order valence-corrected chi connectivity index (χ3v) is 3.22. The van der Waals surface area contributed by atoms with Crippen molar-refractivity contribution in [2.24, 2.45) is 0 Å². The Morgan fingerprint density at radius 3 is 2.61 bits per heavy atom. The molecular formula is C17H17FN2O3. The largest absolute Gasteiger partial charge is 0.387 e. The topological polar surface area (TPSA) is 78.4 Å².